The second-order valence-corrected chi connectivity index (χ2v) is 6.16. The molecule has 0 saturated carbocycles. The molecule has 0 radical (unpaired) electrons. The van der Waals surface area contributed by atoms with E-state index in [9.17, 15) is 14.7 Å². The second-order valence-electron chi connectivity index (χ2n) is 5.31. The van der Waals surface area contributed by atoms with Crippen LogP contribution in [0.2, 0.25) is 0 Å². The van der Waals surface area contributed by atoms with Crippen LogP contribution in [0.3, 0.4) is 0 Å². The molecule has 0 fully saturated rings. The summed E-state index contributed by atoms with van der Waals surface area (Å²) >= 11 is 3.29. The van der Waals surface area contributed by atoms with Crippen molar-refractivity contribution in [3.8, 4) is 11.5 Å². The number of phenols is 1. The lowest BCUT2D eigenvalue weighted by atomic mass is 10.2. The molecule has 3 N–H and O–H groups in total. The smallest absolute Gasteiger partial charge is 0.262 e. The molecule has 26 heavy (non-hydrogen) atoms. The standard InChI is InChI=1S/C18H18BrN3O4/c1-11(21-18(25)13-7-3-4-8-14(13)19)17(24)22-20-10-12-6-5-9-15(26-2)16(12)23/h3-11,23H,1-2H3,(H,21,25)(H,22,24). The molecule has 0 aromatic heterocycles. The number of hydrazone groups is 1. The number of hydrogen-bond acceptors (Lipinski definition) is 5. The Bertz CT molecular complexity index is 839. The molecule has 2 aromatic carbocycles. The Hall–Kier alpha value is -2.87. The molecular weight excluding hydrogens is 402 g/mol. The molecule has 0 spiro atoms. The van der Waals surface area contributed by atoms with Crippen LogP contribution in [0.4, 0.5) is 0 Å². The second kappa shape index (κ2) is 9.00. The van der Waals surface area contributed by atoms with E-state index in [1.54, 1.807) is 49.4 Å². The van der Waals surface area contributed by atoms with Gasteiger partial charge in [-0.3, -0.25) is 9.59 Å². The summed E-state index contributed by atoms with van der Waals surface area (Å²) < 4.78 is 5.63. The highest BCUT2D eigenvalue weighted by Gasteiger charge is 2.17. The number of methoxy groups -OCH3 is 1. The predicted octanol–water partition coefficient (Wildman–Crippen LogP) is 2.43. The van der Waals surface area contributed by atoms with Gasteiger partial charge in [0.25, 0.3) is 11.8 Å². The molecule has 0 aliphatic carbocycles. The van der Waals surface area contributed by atoms with Gasteiger partial charge >= 0.3 is 0 Å². The largest absolute Gasteiger partial charge is 0.504 e. The Morgan fingerprint density at radius 2 is 1.96 bits per heavy atom. The van der Waals surface area contributed by atoms with Crippen LogP contribution in [0.5, 0.6) is 11.5 Å². The van der Waals surface area contributed by atoms with Gasteiger partial charge in [0.1, 0.15) is 6.04 Å². The summed E-state index contributed by atoms with van der Waals surface area (Å²) in [4.78, 5) is 24.2. The van der Waals surface area contributed by atoms with E-state index in [2.05, 4.69) is 31.8 Å². The van der Waals surface area contributed by atoms with Crippen molar-refractivity contribution < 1.29 is 19.4 Å². The summed E-state index contributed by atoms with van der Waals surface area (Å²) in [7, 11) is 1.44. The third-order valence-electron chi connectivity index (χ3n) is 3.49. The van der Waals surface area contributed by atoms with Crippen molar-refractivity contribution in [1.29, 1.82) is 0 Å². The highest BCUT2D eigenvalue weighted by Crippen LogP contribution is 2.27. The molecule has 1 unspecified atom stereocenters. The van der Waals surface area contributed by atoms with Gasteiger partial charge in [0.15, 0.2) is 11.5 Å². The third-order valence-corrected chi connectivity index (χ3v) is 4.18. The molecule has 2 rings (SSSR count). The van der Waals surface area contributed by atoms with Crippen molar-refractivity contribution in [2.45, 2.75) is 13.0 Å². The zero-order chi connectivity index (χ0) is 19.1. The van der Waals surface area contributed by atoms with E-state index >= 15 is 0 Å². The molecule has 0 bridgehead atoms. The first-order valence-electron chi connectivity index (χ1n) is 7.68. The summed E-state index contributed by atoms with van der Waals surface area (Å²) in [6.45, 7) is 1.54. The van der Waals surface area contributed by atoms with Gasteiger partial charge in [0.2, 0.25) is 0 Å². The first-order chi connectivity index (χ1) is 12.4. The number of ether oxygens (including phenoxy) is 1. The van der Waals surface area contributed by atoms with Crippen molar-refractivity contribution >= 4 is 34.0 Å². The topological polar surface area (TPSA) is 100 Å². The van der Waals surface area contributed by atoms with E-state index in [1.807, 2.05) is 0 Å². The number of carbonyl (C=O) groups excluding carboxylic acids is 2. The van der Waals surface area contributed by atoms with Crippen molar-refractivity contribution in [2.75, 3.05) is 7.11 Å². The molecular formula is C18H18BrN3O4. The molecule has 0 heterocycles. The number of carbonyl (C=O) groups is 2. The molecule has 8 heteroatoms. The number of para-hydroxylation sites is 1. The van der Waals surface area contributed by atoms with E-state index in [4.69, 9.17) is 4.74 Å². The summed E-state index contributed by atoms with van der Waals surface area (Å²) in [5, 5.41) is 16.3. The maximum atomic E-state index is 12.2. The van der Waals surface area contributed by atoms with Crippen LogP contribution in [0.25, 0.3) is 0 Å². The lowest BCUT2D eigenvalue weighted by Crippen LogP contribution is -2.43. The van der Waals surface area contributed by atoms with Crippen molar-refractivity contribution in [3.05, 3.63) is 58.1 Å². The first kappa shape index (κ1) is 19.5. The van der Waals surface area contributed by atoms with E-state index in [-0.39, 0.29) is 11.7 Å². The summed E-state index contributed by atoms with van der Waals surface area (Å²) in [6, 6.07) is 11.0. The fourth-order valence-electron chi connectivity index (χ4n) is 2.06. The van der Waals surface area contributed by atoms with Crippen molar-refractivity contribution in [2.24, 2.45) is 5.10 Å². The fourth-order valence-corrected chi connectivity index (χ4v) is 2.52. The van der Waals surface area contributed by atoms with Crippen LogP contribution in [0.15, 0.2) is 52.0 Å². The van der Waals surface area contributed by atoms with E-state index < -0.39 is 11.9 Å². The van der Waals surface area contributed by atoms with Crippen LogP contribution in [-0.2, 0) is 4.79 Å². The van der Waals surface area contributed by atoms with Crippen LogP contribution in [0.1, 0.15) is 22.8 Å². The zero-order valence-electron chi connectivity index (χ0n) is 14.2. The number of amides is 2. The van der Waals surface area contributed by atoms with Crippen LogP contribution < -0.4 is 15.5 Å². The Kier molecular flexibility index (Phi) is 6.74. The van der Waals surface area contributed by atoms with Gasteiger partial charge in [-0.2, -0.15) is 5.10 Å². The van der Waals surface area contributed by atoms with Crippen molar-refractivity contribution in [1.82, 2.24) is 10.7 Å². The molecule has 136 valence electrons. The molecule has 0 aliphatic rings. The average molecular weight is 420 g/mol. The summed E-state index contributed by atoms with van der Waals surface area (Å²) in [5.74, 6) is -0.656. The normalized spacial score (nSPS) is 11.8. The average Bonchev–Trinajstić information content (AvgIpc) is 2.63. The predicted molar refractivity (Wildman–Crippen MR) is 101 cm³/mol. The number of rotatable bonds is 6. The Morgan fingerprint density at radius 3 is 2.65 bits per heavy atom. The molecule has 1 atom stereocenters. The lowest BCUT2D eigenvalue weighted by molar-refractivity contribution is -0.122. The molecule has 2 amide bonds. The van der Waals surface area contributed by atoms with Gasteiger partial charge < -0.3 is 15.2 Å². The minimum absolute atomic E-state index is 0.0803. The third kappa shape index (κ3) is 4.82. The number of aromatic hydroxyl groups is 1. The zero-order valence-corrected chi connectivity index (χ0v) is 15.8. The van der Waals surface area contributed by atoms with Crippen LogP contribution in [0, 0.1) is 0 Å². The summed E-state index contributed by atoms with van der Waals surface area (Å²) in [5.41, 5.74) is 3.13. The molecule has 7 nitrogen and oxygen atoms in total. The minimum atomic E-state index is -0.800. The van der Waals surface area contributed by atoms with Gasteiger partial charge in [-0.05, 0) is 47.1 Å². The van der Waals surface area contributed by atoms with Crippen LogP contribution in [-0.4, -0.2) is 36.3 Å². The SMILES string of the molecule is COc1cccc(C=NNC(=O)C(C)NC(=O)c2ccccc2Br)c1O. The van der Waals surface area contributed by atoms with Gasteiger partial charge in [0, 0.05) is 10.0 Å². The summed E-state index contributed by atoms with van der Waals surface area (Å²) in [6.07, 6.45) is 1.29. The highest BCUT2D eigenvalue weighted by molar-refractivity contribution is 9.10. The highest BCUT2D eigenvalue weighted by atomic mass is 79.9. The molecule has 0 aliphatic heterocycles. The van der Waals surface area contributed by atoms with E-state index in [1.165, 1.54) is 13.3 Å². The fraction of sp³-hybridized carbons (Fsp3) is 0.167. The Labute approximate surface area is 159 Å². The number of nitrogens with zero attached hydrogens (tertiary/aromatic N) is 1. The van der Waals surface area contributed by atoms with E-state index in [0.717, 1.165) is 0 Å². The Morgan fingerprint density at radius 1 is 1.23 bits per heavy atom. The van der Waals surface area contributed by atoms with E-state index in [0.29, 0.717) is 21.3 Å². The number of phenolic OH excluding ortho intramolecular Hbond substituents is 1. The Balaban J connectivity index is 1.95. The van der Waals surface area contributed by atoms with Gasteiger partial charge in [-0.25, -0.2) is 5.43 Å². The lowest BCUT2D eigenvalue weighted by Gasteiger charge is -2.13. The maximum absolute atomic E-state index is 12.2. The number of benzene rings is 2. The monoisotopic (exact) mass is 419 g/mol. The van der Waals surface area contributed by atoms with Gasteiger partial charge in [0.05, 0.1) is 18.9 Å². The minimum Gasteiger partial charge on any atom is -0.504 e. The van der Waals surface area contributed by atoms with Gasteiger partial charge in [-0.15, -0.1) is 0 Å². The number of nitrogens with one attached hydrogen (secondary N) is 2. The molecule has 2 aromatic rings. The number of halogens is 1. The van der Waals surface area contributed by atoms with Crippen LogP contribution >= 0.6 is 15.9 Å². The quantitative estimate of drug-likeness (QED) is 0.494. The first-order valence-corrected chi connectivity index (χ1v) is 8.47. The maximum Gasteiger partial charge on any atom is 0.262 e. The molecule has 0 saturated heterocycles. The van der Waals surface area contributed by atoms with Gasteiger partial charge in [-0.1, -0.05) is 18.2 Å². The number of hydrogen-bond donors (Lipinski definition) is 3. The van der Waals surface area contributed by atoms with Crippen molar-refractivity contribution in [3.63, 3.8) is 0 Å².